The number of nitrogens with two attached hydrogens (primary N) is 2. The van der Waals surface area contributed by atoms with Gasteiger partial charge in [0.15, 0.2) is 5.96 Å². The number of benzene rings is 2. The second-order valence-electron chi connectivity index (χ2n) is 7.20. The molecule has 0 saturated heterocycles. The van der Waals surface area contributed by atoms with E-state index in [1.165, 1.54) is 17.3 Å². The van der Waals surface area contributed by atoms with Crippen LogP contribution in [0.3, 0.4) is 0 Å². The zero-order chi connectivity index (χ0) is 20.5. The Balaban J connectivity index is 1.76. The molecule has 0 amide bonds. The Morgan fingerprint density at radius 2 is 1.86 bits per heavy atom. The topological polar surface area (TPSA) is 81.4 Å². The Bertz CT molecular complexity index is 1100. The van der Waals surface area contributed by atoms with Crippen LogP contribution in [-0.4, -0.2) is 17.1 Å². The van der Waals surface area contributed by atoms with Crippen molar-refractivity contribution < 1.29 is 4.39 Å². The van der Waals surface area contributed by atoms with E-state index in [1.807, 2.05) is 16.7 Å². The van der Waals surface area contributed by atoms with Gasteiger partial charge in [0.1, 0.15) is 5.82 Å². The second kappa shape index (κ2) is 8.13. The number of rotatable bonds is 5. The summed E-state index contributed by atoms with van der Waals surface area (Å²) in [5, 5.41) is 5.09. The number of guanidine groups is 1. The lowest BCUT2D eigenvalue weighted by atomic mass is 9.95. The van der Waals surface area contributed by atoms with Gasteiger partial charge in [0.2, 0.25) is 0 Å². The molecule has 3 aromatic rings. The lowest BCUT2D eigenvalue weighted by Gasteiger charge is -2.15. The number of nitrogens with one attached hydrogen (secondary N) is 1. The molecule has 5 nitrogen and oxygen atoms in total. The molecule has 0 spiro atoms. The zero-order valence-corrected chi connectivity index (χ0v) is 17.3. The first-order valence-electron chi connectivity index (χ1n) is 9.55. The molecule has 1 aliphatic rings. The van der Waals surface area contributed by atoms with Crippen LogP contribution in [0.5, 0.6) is 0 Å². The van der Waals surface area contributed by atoms with Crippen LogP contribution in [-0.2, 0) is 19.4 Å². The summed E-state index contributed by atoms with van der Waals surface area (Å²) in [6, 6.07) is 8.76. The van der Waals surface area contributed by atoms with E-state index in [0.717, 1.165) is 36.8 Å². The predicted octanol–water partition coefficient (Wildman–Crippen LogP) is 4.98. The van der Waals surface area contributed by atoms with Crippen molar-refractivity contribution in [1.82, 2.24) is 4.57 Å². The molecule has 0 aliphatic heterocycles. The summed E-state index contributed by atoms with van der Waals surface area (Å²) in [4.78, 5) is 4.07. The third-order valence-electron chi connectivity index (χ3n) is 5.25. The maximum absolute atomic E-state index is 15.2. The first-order valence-corrected chi connectivity index (χ1v) is 10.3. The Labute approximate surface area is 178 Å². The predicted molar refractivity (Wildman–Crippen MR) is 119 cm³/mol. The number of aryl methyl sites for hydroxylation is 1. The van der Waals surface area contributed by atoms with E-state index in [4.69, 9.17) is 34.7 Å². The third-order valence-corrected chi connectivity index (χ3v) is 5.99. The summed E-state index contributed by atoms with van der Waals surface area (Å²) < 4.78 is 17.3. The molecule has 0 saturated carbocycles. The minimum Gasteiger partial charge on any atom is -0.370 e. The molecule has 5 N–H and O–H groups in total. The molecule has 152 valence electrons. The van der Waals surface area contributed by atoms with Gasteiger partial charge in [-0.1, -0.05) is 23.2 Å². The Hall–Kier alpha value is -2.44. The number of hydrogen-bond acceptors (Lipinski definition) is 2. The van der Waals surface area contributed by atoms with Gasteiger partial charge in [0.25, 0.3) is 0 Å². The van der Waals surface area contributed by atoms with Gasteiger partial charge < -0.3 is 21.4 Å². The first-order chi connectivity index (χ1) is 13.9. The van der Waals surface area contributed by atoms with Gasteiger partial charge in [-0.25, -0.2) is 4.39 Å². The summed E-state index contributed by atoms with van der Waals surface area (Å²) in [5.41, 5.74) is 15.3. The van der Waals surface area contributed by atoms with Crippen LogP contribution in [0.1, 0.15) is 24.1 Å². The summed E-state index contributed by atoms with van der Waals surface area (Å²) in [7, 11) is 0. The van der Waals surface area contributed by atoms with Gasteiger partial charge >= 0.3 is 0 Å². The largest absolute Gasteiger partial charge is 0.370 e. The van der Waals surface area contributed by atoms with Gasteiger partial charge in [-0.3, -0.25) is 4.99 Å². The van der Waals surface area contributed by atoms with E-state index in [9.17, 15) is 0 Å². The fourth-order valence-electron chi connectivity index (χ4n) is 4.05. The van der Waals surface area contributed by atoms with Crippen molar-refractivity contribution in [2.24, 2.45) is 16.5 Å². The first kappa shape index (κ1) is 19.9. The maximum Gasteiger partial charge on any atom is 0.185 e. The standard InChI is InChI=1S/C21H22Cl2FN5/c22-16-6-5-12(10-17(16)23)28-13-9-15-14-3-1-2-4-19(14)29(8-7-27-21(25)26)20(15)18(24)11-13/h5-6,9-11,28H,1-4,7-8H2,(H4,25,26,27). The molecule has 1 heterocycles. The van der Waals surface area contributed by atoms with Crippen molar-refractivity contribution in [3.05, 3.63) is 57.5 Å². The number of hydrogen-bond donors (Lipinski definition) is 3. The van der Waals surface area contributed by atoms with Gasteiger partial charge in [-0.2, -0.15) is 0 Å². The van der Waals surface area contributed by atoms with Crippen LogP contribution in [0.2, 0.25) is 10.0 Å². The molecule has 4 rings (SSSR count). The number of halogens is 3. The van der Waals surface area contributed by atoms with Crippen molar-refractivity contribution in [3.63, 3.8) is 0 Å². The molecule has 0 fully saturated rings. The van der Waals surface area contributed by atoms with E-state index in [-0.39, 0.29) is 11.8 Å². The van der Waals surface area contributed by atoms with Gasteiger partial charge in [-0.15, -0.1) is 0 Å². The molecule has 2 aromatic carbocycles. The smallest absolute Gasteiger partial charge is 0.185 e. The van der Waals surface area contributed by atoms with Crippen LogP contribution in [0.15, 0.2) is 35.3 Å². The highest BCUT2D eigenvalue weighted by atomic mass is 35.5. The fraction of sp³-hybridized carbons (Fsp3) is 0.286. The van der Waals surface area contributed by atoms with Crippen molar-refractivity contribution in [3.8, 4) is 0 Å². The van der Waals surface area contributed by atoms with Crippen molar-refractivity contribution in [2.75, 3.05) is 11.9 Å². The highest BCUT2D eigenvalue weighted by Crippen LogP contribution is 2.36. The van der Waals surface area contributed by atoms with Crippen LogP contribution in [0.25, 0.3) is 10.9 Å². The molecule has 0 unspecified atom stereocenters. The number of aliphatic imine (C=N–C) groups is 1. The van der Waals surface area contributed by atoms with Crippen molar-refractivity contribution in [1.29, 1.82) is 0 Å². The van der Waals surface area contributed by atoms with Crippen molar-refractivity contribution in [2.45, 2.75) is 32.2 Å². The number of anilines is 2. The van der Waals surface area contributed by atoms with Crippen LogP contribution in [0, 0.1) is 5.82 Å². The lowest BCUT2D eigenvalue weighted by molar-refractivity contribution is 0.597. The summed E-state index contributed by atoms with van der Waals surface area (Å²) in [5.74, 6) is -0.229. The number of fused-ring (bicyclic) bond motifs is 3. The molecular weight excluding hydrogens is 412 g/mol. The highest BCUT2D eigenvalue weighted by molar-refractivity contribution is 6.42. The van der Waals surface area contributed by atoms with Gasteiger partial charge in [-0.05, 0) is 61.6 Å². The van der Waals surface area contributed by atoms with E-state index in [1.54, 1.807) is 12.1 Å². The van der Waals surface area contributed by atoms with Crippen LogP contribution >= 0.6 is 23.2 Å². The fourth-order valence-corrected chi connectivity index (χ4v) is 4.35. The molecule has 1 aliphatic carbocycles. The quantitative estimate of drug-likeness (QED) is 0.391. The zero-order valence-electron chi connectivity index (χ0n) is 15.8. The number of nitrogens with zero attached hydrogens (tertiary/aromatic N) is 2. The van der Waals surface area contributed by atoms with Crippen LogP contribution < -0.4 is 16.8 Å². The SMILES string of the molecule is NC(N)=NCCn1c2c(c3cc(Nc4ccc(Cl)c(Cl)c4)cc(F)c31)CCCC2. The Morgan fingerprint density at radius 1 is 1.07 bits per heavy atom. The molecule has 0 bridgehead atoms. The normalized spacial score (nSPS) is 13.3. The van der Waals surface area contributed by atoms with E-state index >= 15 is 4.39 Å². The highest BCUT2D eigenvalue weighted by Gasteiger charge is 2.22. The molecule has 29 heavy (non-hydrogen) atoms. The molecule has 1 aromatic heterocycles. The number of aromatic nitrogens is 1. The lowest BCUT2D eigenvalue weighted by Crippen LogP contribution is -2.23. The van der Waals surface area contributed by atoms with Crippen molar-refractivity contribution >= 4 is 51.4 Å². The third kappa shape index (κ3) is 4.00. The van der Waals surface area contributed by atoms with E-state index < -0.39 is 0 Å². The average Bonchev–Trinajstić information content (AvgIpc) is 2.99. The van der Waals surface area contributed by atoms with E-state index in [0.29, 0.717) is 34.3 Å². The Morgan fingerprint density at radius 3 is 2.62 bits per heavy atom. The average molecular weight is 434 g/mol. The summed E-state index contributed by atoms with van der Waals surface area (Å²) in [6.45, 7) is 0.960. The summed E-state index contributed by atoms with van der Waals surface area (Å²) in [6.07, 6.45) is 4.07. The minimum absolute atomic E-state index is 0.0453. The molecular formula is C21H22Cl2FN5. The van der Waals surface area contributed by atoms with Gasteiger partial charge in [0.05, 0.1) is 22.1 Å². The summed E-state index contributed by atoms with van der Waals surface area (Å²) >= 11 is 12.1. The minimum atomic E-state index is -0.274. The molecule has 8 heteroatoms. The second-order valence-corrected chi connectivity index (χ2v) is 8.01. The van der Waals surface area contributed by atoms with E-state index in [2.05, 4.69) is 10.3 Å². The van der Waals surface area contributed by atoms with Crippen LogP contribution in [0.4, 0.5) is 15.8 Å². The molecule has 0 atom stereocenters. The maximum atomic E-state index is 15.2. The Kier molecular flexibility index (Phi) is 5.56. The van der Waals surface area contributed by atoms with Gasteiger partial charge in [0, 0.05) is 29.0 Å². The molecule has 0 radical (unpaired) electrons. The monoisotopic (exact) mass is 433 g/mol.